The Morgan fingerprint density at radius 1 is 1.62 bits per heavy atom. The van der Waals surface area contributed by atoms with Crippen LogP contribution in [0.15, 0.2) is 0 Å². The summed E-state index contributed by atoms with van der Waals surface area (Å²) in [5.41, 5.74) is 2.35. The molecule has 0 spiro atoms. The Balaban J connectivity index is 2.12. The predicted molar refractivity (Wildman–Crippen MR) is 47.3 cm³/mol. The van der Waals surface area contributed by atoms with Crippen molar-refractivity contribution in [1.82, 2.24) is 20.3 Å². The van der Waals surface area contributed by atoms with Crippen molar-refractivity contribution in [2.75, 3.05) is 20.3 Å². The molecule has 2 heterocycles. The molecular formula is C8H14N4O. The van der Waals surface area contributed by atoms with Gasteiger partial charge in [-0.25, -0.2) is 4.68 Å². The zero-order valence-corrected chi connectivity index (χ0v) is 7.79. The molecule has 0 saturated carbocycles. The number of nitrogens with zero attached hydrogens (tertiary/aromatic N) is 3. The number of fused-ring (bicyclic) bond motifs is 1. The quantitative estimate of drug-likeness (QED) is 0.689. The SMILES string of the molecule is COCCn1nnc2c1CNCC2. The summed E-state index contributed by atoms with van der Waals surface area (Å²) in [7, 11) is 1.70. The summed E-state index contributed by atoms with van der Waals surface area (Å²) in [6.45, 7) is 3.37. The van der Waals surface area contributed by atoms with E-state index in [9.17, 15) is 0 Å². The molecule has 0 aromatic carbocycles. The first kappa shape index (κ1) is 8.65. The highest BCUT2D eigenvalue weighted by Crippen LogP contribution is 2.09. The number of aromatic nitrogens is 3. The Kier molecular flexibility index (Phi) is 2.56. The van der Waals surface area contributed by atoms with Crippen LogP contribution in [0.2, 0.25) is 0 Å². The van der Waals surface area contributed by atoms with Crippen LogP contribution in [0.3, 0.4) is 0 Å². The molecule has 2 rings (SSSR count). The van der Waals surface area contributed by atoms with Crippen molar-refractivity contribution < 1.29 is 4.74 Å². The Morgan fingerprint density at radius 2 is 2.54 bits per heavy atom. The summed E-state index contributed by atoms with van der Waals surface area (Å²) in [5, 5.41) is 11.5. The van der Waals surface area contributed by atoms with E-state index in [1.165, 1.54) is 5.69 Å². The summed E-state index contributed by atoms with van der Waals surface area (Å²) in [5.74, 6) is 0. The van der Waals surface area contributed by atoms with Gasteiger partial charge in [0.2, 0.25) is 0 Å². The maximum absolute atomic E-state index is 5.00. The highest BCUT2D eigenvalue weighted by atomic mass is 16.5. The van der Waals surface area contributed by atoms with Crippen LogP contribution >= 0.6 is 0 Å². The minimum atomic E-state index is 0.690. The fraction of sp³-hybridized carbons (Fsp3) is 0.750. The van der Waals surface area contributed by atoms with E-state index < -0.39 is 0 Å². The second-order valence-electron chi connectivity index (χ2n) is 3.13. The number of methoxy groups -OCH3 is 1. The van der Waals surface area contributed by atoms with Crippen molar-refractivity contribution in [2.45, 2.75) is 19.5 Å². The Hall–Kier alpha value is -0.940. The molecule has 0 saturated heterocycles. The molecule has 72 valence electrons. The summed E-state index contributed by atoms with van der Waals surface area (Å²) < 4.78 is 6.92. The molecule has 0 atom stereocenters. The van der Waals surface area contributed by atoms with Gasteiger partial charge in [-0.3, -0.25) is 0 Å². The average Bonchev–Trinajstić information content (AvgIpc) is 2.58. The predicted octanol–water partition coefficient (Wildman–Crippen LogP) is -0.430. The lowest BCUT2D eigenvalue weighted by Gasteiger charge is -2.13. The summed E-state index contributed by atoms with van der Waals surface area (Å²) in [4.78, 5) is 0. The first-order chi connectivity index (χ1) is 6.42. The molecular weight excluding hydrogens is 168 g/mol. The summed E-state index contributed by atoms with van der Waals surface area (Å²) in [6.07, 6.45) is 0.988. The van der Waals surface area contributed by atoms with E-state index >= 15 is 0 Å². The van der Waals surface area contributed by atoms with E-state index in [1.807, 2.05) is 4.68 Å². The van der Waals surface area contributed by atoms with Gasteiger partial charge in [0.05, 0.1) is 24.5 Å². The first-order valence-electron chi connectivity index (χ1n) is 4.52. The van der Waals surface area contributed by atoms with E-state index in [0.717, 1.165) is 31.7 Å². The van der Waals surface area contributed by atoms with E-state index in [4.69, 9.17) is 4.74 Å². The Bertz CT molecular complexity index is 284. The lowest BCUT2D eigenvalue weighted by atomic mass is 10.2. The summed E-state index contributed by atoms with van der Waals surface area (Å²) in [6, 6.07) is 0. The highest BCUT2D eigenvalue weighted by Gasteiger charge is 2.15. The fourth-order valence-electron chi connectivity index (χ4n) is 1.53. The van der Waals surface area contributed by atoms with Gasteiger partial charge in [-0.15, -0.1) is 5.10 Å². The molecule has 1 aromatic heterocycles. The molecule has 5 heteroatoms. The van der Waals surface area contributed by atoms with Crippen LogP contribution in [0.25, 0.3) is 0 Å². The molecule has 1 aliphatic rings. The van der Waals surface area contributed by atoms with E-state index in [1.54, 1.807) is 7.11 Å². The van der Waals surface area contributed by atoms with E-state index in [0.29, 0.717) is 6.61 Å². The molecule has 0 unspecified atom stereocenters. The molecule has 1 aromatic rings. The van der Waals surface area contributed by atoms with Crippen LogP contribution in [0, 0.1) is 0 Å². The zero-order chi connectivity index (χ0) is 9.10. The number of hydrogen-bond donors (Lipinski definition) is 1. The maximum Gasteiger partial charge on any atom is 0.0885 e. The van der Waals surface area contributed by atoms with Gasteiger partial charge < -0.3 is 10.1 Å². The van der Waals surface area contributed by atoms with Gasteiger partial charge >= 0.3 is 0 Å². The smallest absolute Gasteiger partial charge is 0.0885 e. The second kappa shape index (κ2) is 3.85. The van der Waals surface area contributed by atoms with E-state index in [-0.39, 0.29) is 0 Å². The second-order valence-corrected chi connectivity index (χ2v) is 3.13. The molecule has 5 nitrogen and oxygen atoms in total. The highest BCUT2D eigenvalue weighted by molar-refractivity contribution is 5.13. The average molecular weight is 182 g/mol. The van der Waals surface area contributed by atoms with Gasteiger partial charge in [0.15, 0.2) is 0 Å². The molecule has 0 amide bonds. The van der Waals surface area contributed by atoms with Gasteiger partial charge in [0, 0.05) is 26.6 Å². The third-order valence-electron chi connectivity index (χ3n) is 2.26. The van der Waals surface area contributed by atoms with Gasteiger partial charge in [0.1, 0.15) is 0 Å². The Labute approximate surface area is 77.1 Å². The number of rotatable bonds is 3. The van der Waals surface area contributed by atoms with Crippen molar-refractivity contribution in [3.05, 3.63) is 11.4 Å². The lowest BCUT2D eigenvalue weighted by Crippen LogP contribution is -2.26. The van der Waals surface area contributed by atoms with Crippen molar-refractivity contribution in [2.24, 2.45) is 0 Å². The Morgan fingerprint density at radius 3 is 3.38 bits per heavy atom. The topological polar surface area (TPSA) is 52.0 Å². The third kappa shape index (κ3) is 1.71. The van der Waals surface area contributed by atoms with Gasteiger partial charge in [-0.1, -0.05) is 5.21 Å². The van der Waals surface area contributed by atoms with Crippen molar-refractivity contribution >= 4 is 0 Å². The van der Waals surface area contributed by atoms with Gasteiger partial charge in [-0.05, 0) is 0 Å². The number of nitrogens with one attached hydrogen (secondary N) is 1. The van der Waals surface area contributed by atoms with Crippen LogP contribution in [0.1, 0.15) is 11.4 Å². The molecule has 1 aliphatic heterocycles. The van der Waals surface area contributed by atoms with Crippen LogP contribution in [0.5, 0.6) is 0 Å². The zero-order valence-electron chi connectivity index (χ0n) is 7.79. The molecule has 0 aliphatic carbocycles. The van der Waals surface area contributed by atoms with Crippen LogP contribution in [0.4, 0.5) is 0 Å². The molecule has 0 bridgehead atoms. The van der Waals surface area contributed by atoms with Crippen molar-refractivity contribution in [1.29, 1.82) is 0 Å². The van der Waals surface area contributed by atoms with Crippen LogP contribution < -0.4 is 5.32 Å². The molecule has 1 N–H and O–H groups in total. The van der Waals surface area contributed by atoms with Gasteiger partial charge in [-0.2, -0.15) is 0 Å². The van der Waals surface area contributed by atoms with Crippen LogP contribution in [-0.4, -0.2) is 35.3 Å². The van der Waals surface area contributed by atoms with Crippen molar-refractivity contribution in [3.63, 3.8) is 0 Å². The first-order valence-corrected chi connectivity index (χ1v) is 4.52. The lowest BCUT2D eigenvalue weighted by molar-refractivity contribution is 0.181. The number of hydrogen-bond acceptors (Lipinski definition) is 4. The van der Waals surface area contributed by atoms with Gasteiger partial charge in [0.25, 0.3) is 0 Å². The normalized spacial score (nSPS) is 15.8. The minimum Gasteiger partial charge on any atom is -0.383 e. The molecule has 0 radical (unpaired) electrons. The molecule has 13 heavy (non-hydrogen) atoms. The maximum atomic E-state index is 5.00. The van der Waals surface area contributed by atoms with Crippen molar-refractivity contribution in [3.8, 4) is 0 Å². The third-order valence-corrected chi connectivity index (χ3v) is 2.26. The standard InChI is InChI=1S/C8H14N4O/c1-13-5-4-12-8-6-9-3-2-7(8)10-11-12/h9H,2-6H2,1H3. The summed E-state index contributed by atoms with van der Waals surface area (Å²) >= 11 is 0. The van der Waals surface area contributed by atoms with E-state index in [2.05, 4.69) is 15.6 Å². The monoisotopic (exact) mass is 182 g/mol. The minimum absolute atomic E-state index is 0.690. The number of ether oxygens (including phenoxy) is 1. The largest absolute Gasteiger partial charge is 0.383 e. The molecule has 0 fully saturated rings. The van der Waals surface area contributed by atoms with Crippen LogP contribution in [-0.2, 0) is 24.2 Å². The fourth-order valence-corrected chi connectivity index (χ4v) is 1.53.